The monoisotopic (exact) mass is 273 g/mol. The van der Waals surface area contributed by atoms with E-state index in [0.29, 0.717) is 11.5 Å². The Morgan fingerprint density at radius 1 is 1.47 bits per heavy atom. The molecule has 1 aromatic heterocycles. The third-order valence-corrected chi connectivity index (χ3v) is 6.14. The molecule has 0 saturated carbocycles. The zero-order chi connectivity index (χ0) is 12.5. The number of aryl methyl sites for hydroxylation is 1. The molecule has 0 bridgehead atoms. The number of nitrogens with one attached hydrogen (secondary N) is 1. The van der Waals surface area contributed by atoms with Crippen LogP contribution in [0.5, 0.6) is 0 Å². The summed E-state index contributed by atoms with van der Waals surface area (Å²) in [5, 5.41) is 3.44. The summed E-state index contributed by atoms with van der Waals surface area (Å²) in [6.45, 7) is 4.19. The first-order valence-electron chi connectivity index (χ1n) is 5.99. The fraction of sp³-hybridized carbons (Fsp3) is 0.667. The van der Waals surface area contributed by atoms with Crippen LogP contribution in [0.2, 0.25) is 0 Å². The van der Waals surface area contributed by atoms with E-state index in [2.05, 4.69) is 31.3 Å². The van der Waals surface area contributed by atoms with E-state index in [-0.39, 0.29) is 12.1 Å². The summed E-state index contributed by atoms with van der Waals surface area (Å²) in [4.78, 5) is 2.58. The lowest BCUT2D eigenvalue weighted by atomic mass is 10.1. The molecule has 1 saturated heterocycles. The molecule has 2 unspecified atom stereocenters. The van der Waals surface area contributed by atoms with E-state index in [4.69, 9.17) is 0 Å². The van der Waals surface area contributed by atoms with Crippen LogP contribution in [0, 0.1) is 6.92 Å². The Morgan fingerprint density at radius 3 is 2.82 bits per heavy atom. The van der Waals surface area contributed by atoms with Crippen molar-refractivity contribution in [3.63, 3.8) is 0 Å². The van der Waals surface area contributed by atoms with Gasteiger partial charge in [0.15, 0.2) is 9.84 Å². The molecule has 1 fully saturated rings. The minimum Gasteiger partial charge on any atom is -0.306 e. The summed E-state index contributed by atoms with van der Waals surface area (Å²) >= 11 is 1.77. The molecule has 17 heavy (non-hydrogen) atoms. The van der Waals surface area contributed by atoms with E-state index in [1.807, 2.05) is 0 Å². The molecule has 0 aliphatic carbocycles. The molecule has 1 aliphatic rings. The minimum atomic E-state index is -2.81. The Labute approximate surface area is 107 Å². The third-order valence-electron chi connectivity index (χ3n) is 3.14. The van der Waals surface area contributed by atoms with Gasteiger partial charge in [-0.3, -0.25) is 0 Å². The predicted molar refractivity (Wildman–Crippen MR) is 72.3 cm³/mol. The van der Waals surface area contributed by atoms with Gasteiger partial charge in [-0.2, -0.15) is 0 Å². The maximum Gasteiger partial charge on any atom is 0.151 e. The van der Waals surface area contributed by atoms with Gasteiger partial charge in [0.1, 0.15) is 0 Å². The van der Waals surface area contributed by atoms with Crippen LogP contribution in [-0.2, 0) is 9.84 Å². The van der Waals surface area contributed by atoms with Crippen LogP contribution in [0.4, 0.5) is 0 Å². The first-order chi connectivity index (χ1) is 7.96. The molecule has 0 aromatic carbocycles. The summed E-state index contributed by atoms with van der Waals surface area (Å²) in [5.74, 6) is 0.652. The van der Waals surface area contributed by atoms with Gasteiger partial charge in [0.05, 0.1) is 11.5 Å². The molecule has 2 rings (SSSR count). The largest absolute Gasteiger partial charge is 0.306 e. The second-order valence-electron chi connectivity index (χ2n) is 4.79. The van der Waals surface area contributed by atoms with Crippen molar-refractivity contribution in [2.24, 2.45) is 0 Å². The summed E-state index contributed by atoms with van der Waals surface area (Å²) in [6.07, 6.45) is 1.75. The molecule has 3 nitrogen and oxygen atoms in total. The molecule has 0 spiro atoms. The topological polar surface area (TPSA) is 46.2 Å². The van der Waals surface area contributed by atoms with Crippen LogP contribution in [0.1, 0.15) is 35.6 Å². The summed E-state index contributed by atoms with van der Waals surface area (Å²) in [5.41, 5.74) is 0. The summed E-state index contributed by atoms with van der Waals surface area (Å²) < 4.78 is 23.1. The fourth-order valence-electron chi connectivity index (χ4n) is 2.28. The highest BCUT2D eigenvalue weighted by atomic mass is 32.2. The first-order valence-corrected chi connectivity index (χ1v) is 8.63. The summed E-state index contributed by atoms with van der Waals surface area (Å²) in [6, 6.07) is 4.59. The lowest BCUT2D eigenvalue weighted by molar-refractivity contribution is 0.440. The summed E-state index contributed by atoms with van der Waals surface area (Å²) in [7, 11) is -2.81. The highest BCUT2D eigenvalue weighted by Gasteiger charge is 2.25. The van der Waals surface area contributed by atoms with Crippen molar-refractivity contribution < 1.29 is 8.42 Å². The molecule has 1 aromatic rings. The van der Waals surface area contributed by atoms with Gasteiger partial charge in [0.25, 0.3) is 0 Å². The second-order valence-corrected chi connectivity index (χ2v) is 8.34. The fourth-order valence-corrected chi connectivity index (χ4v) is 4.81. The third kappa shape index (κ3) is 3.53. The van der Waals surface area contributed by atoms with Gasteiger partial charge in [-0.25, -0.2) is 8.42 Å². The quantitative estimate of drug-likeness (QED) is 0.919. The van der Waals surface area contributed by atoms with Crippen LogP contribution < -0.4 is 5.32 Å². The average Bonchev–Trinajstić information content (AvgIpc) is 2.63. The van der Waals surface area contributed by atoms with Crippen molar-refractivity contribution in [1.29, 1.82) is 0 Å². The van der Waals surface area contributed by atoms with Crippen molar-refractivity contribution in [3.8, 4) is 0 Å². The SMILES string of the molecule is Cc1ccc(C(C)NC2CCCS(=O)(=O)C2)s1. The van der Waals surface area contributed by atoms with Crippen LogP contribution in [0.3, 0.4) is 0 Å². The van der Waals surface area contributed by atoms with Gasteiger partial charge in [-0.1, -0.05) is 0 Å². The van der Waals surface area contributed by atoms with Crippen LogP contribution >= 0.6 is 11.3 Å². The van der Waals surface area contributed by atoms with Gasteiger partial charge in [0, 0.05) is 21.8 Å². The number of hydrogen-bond donors (Lipinski definition) is 1. The van der Waals surface area contributed by atoms with E-state index in [0.717, 1.165) is 12.8 Å². The molecule has 96 valence electrons. The van der Waals surface area contributed by atoms with Crippen molar-refractivity contribution in [2.75, 3.05) is 11.5 Å². The van der Waals surface area contributed by atoms with Gasteiger partial charge in [-0.15, -0.1) is 11.3 Å². The zero-order valence-electron chi connectivity index (χ0n) is 10.3. The lowest BCUT2D eigenvalue weighted by Gasteiger charge is -2.26. The Kier molecular flexibility index (Phi) is 3.90. The highest BCUT2D eigenvalue weighted by Crippen LogP contribution is 2.24. The Morgan fingerprint density at radius 2 is 2.24 bits per heavy atom. The molecule has 1 N–H and O–H groups in total. The normalized spacial score (nSPS) is 25.6. The molecular weight excluding hydrogens is 254 g/mol. The smallest absolute Gasteiger partial charge is 0.151 e. The molecule has 2 heterocycles. The van der Waals surface area contributed by atoms with E-state index >= 15 is 0 Å². The number of thiophene rings is 1. The van der Waals surface area contributed by atoms with Crippen LogP contribution in [0.15, 0.2) is 12.1 Å². The van der Waals surface area contributed by atoms with Crippen molar-refractivity contribution in [2.45, 2.75) is 38.8 Å². The molecule has 0 amide bonds. The van der Waals surface area contributed by atoms with Crippen LogP contribution in [0.25, 0.3) is 0 Å². The molecule has 1 aliphatic heterocycles. The maximum atomic E-state index is 11.5. The van der Waals surface area contributed by atoms with E-state index in [9.17, 15) is 8.42 Å². The van der Waals surface area contributed by atoms with E-state index in [1.54, 1.807) is 11.3 Å². The second kappa shape index (κ2) is 5.08. The van der Waals surface area contributed by atoms with Gasteiger partial charge in [0.2, 0.25) is 0 Å². The zero-order valence-corrected chi connectivity index (χ0v) is 11.9. The molecule has 5 heteroatoms. The van der Waals surface area contributed by atoms with Gasteiger partial charge < -0.3 is 5.32 Å². The average molecular weight is 273 g/mol. The van der Waals surface area contributed by atoms with Gasteiger partial charge >= 0.3 is 0 Å². The Bertz CT molecular complexity index is 478. The highest BCUT2D eigenvalue weighted by molar-refractivity contribution is 7.91. The number of rotatable bonds is 3. The number of hydrogen-bond acceptors (Lipinski definition) is 4. The van der Waals surface area contributed by atoms with E-state index in [1.165, 1.54) is 9.75 Å². The lowest BCUT2D eigenvalue weighted by Crippen LogP contribution is -2.41. The molecule has 2 atom stereocenters. The molecular formula is C12H19NO2S2. The van der Waals surface area contributed by atoms with Crippen LogP contribution in [-0.4, -0.2) is 26.0 Å². The standard InChI is InChI=1S/C12H19NO2S2/c1-9-5-6-12(16-9)10(2)13-11-4-3-7-17(14,15)8-11/h5-6,10-11,13H,3-4,7-8H2,1-2H3. The Balaban J connectivity index is 1.97. The predicted octanol–water partition coefficient (Wildman–Crippen LogP) is 2.28. The van der Waals surface area contributed by atoms with Crippen molar-refractivity contribution >= 4 is 21.2 Å². The first kappa shape index (κ1) is 13.1. The maximum absolute atomic E-state index is 11.5. The minimum absolute atomic E-state index is 0.117. The Hall–Kier alpha value is -0.390. The number of sulfone groups is 1. The van der Waals surface area contributed by atoms with Gasteiger partial charge in [-0.05, 0) is 38.8 Å². The van der Waals surface area contributed by atoms with Crippen molar-refractivity contribution in [1.82, 2.24) is 5.32 Å². The van der Waals surface area contributed by atoms with Crippen molar-refractivity contribution in [3.05, 3.63) is 21.9 Å². The van der Waals surface area contributed by atoms with E-state index < -0.39 is 9.84 Å². The molecule has 0 radical (unpaired) electrons.